The molecule has 0 spiro atoms. The zero-order valence-corrected chi connectivity index (χ0v) is 17.2. The van der Waals surface area contributed by atoms with Crippen LogP contribution < -0.4 is 19.7 Å². The molecule has 0 fully saturated rings. The lowest BCUT2D eigenvalue weighted by molar-refractivity contribution is -0.116. The number of nitrogens with one attached hydrogen (secondary N) is 2. The first-order valence-corrected chi connectivity index (χ1v) is 9.36. The molecule has 0 aliphatic carbocycles. The molecule has 0 unspecified atom stereocenters. The Hall–Kier alpha value is -3.48. The number of para-hydroxylation sites is 2. The number of benzene rings is 2. The van der Waals surface area contributed by atoms with Crippen LogP contribution in [0.1, 0.15) is 19.7 Å². The van der Waals surface area contributed by atoms with Crippen LogP contribution in [0.2, 0.25) is 0 Å². The van der Waals surface area contributed by atoms with Gasteiger partial charge in [-0.25, -0.2) is 4.98 Å². The van der Waals surface area contributed by atoms with Gasteiger partial charge < -0.3 is 24.7 Å². The minimum absolute atomic E-state index is 0.0289. The molecule has 2 aromatic carbocycles. The van der Waals surface area contributed by atoms with Gasteiger partial charge in [0.2, 0.25) is 0 Å². The zero-order valence-electron chi connectivity index (χ0n) is 17.2. The van der Waals surface area contributed by atoms with Crippen molar-refractivity contribution >= 4 is 28.1 Å². The Morgan fingerprint density at radius 2 is 1.86 bits per heavy atom. The highest BCUT2D eigenvalue weighted by Gasteiger charge is 2.48. The fourth-order valence-electron chi connectivity index (χ4n) is 3.83. The highest BCUT2D eigenvalue weighted by molar-refractivity contribution is 6.29. The quantitative estimate of drug-likeness (QED) is 0.693. The maximum atomic E-state index is 13.5. The van der Waals surface area contributed by atoms with Gasteiger partial charge in [0.25, 0.3) is 0 Å². The Morgan fingerprint density at radius 3 is 2.52 bits per heavy atom. The van der Waals surface area contributed by atoms with Crippen molar-refractivity contribution in [2.24, 2.45) is 0 Å². The summed E-state index contributed by atoms with van der Waals surface area (Å²) in [5.41, 5.74) is 2.15. The van der Waals surface area contributed by atoms with E-state index in [0.717, 1.165) is 16.7 Å². The van der Waals surface area contributed by atoms with Crippen LogP contribution in [0.4, 0.5) is 5.69 Å². The van der Waals surface area contributed by atoms with Gasteiger partial charge in [0.15, 0.2) is 5.78 Å². The molecule has 2 N–H and O–H groups in total. The van der Waals surface area contributed by atoms with Crippen LogP contribution in [0, 0.1) is 0 Å². The molecule has 0 amide bonds. The number of rotatable bonds is 5. The predicted octanol–water partition coefficient (Wildman–Crippen LogP) is 3.34. The standard InChI is InChI=1S/C22H24N4O3/c1-22(2)19(27)18(20-24-14-8-6-7-9-15(14)25-20)21(23-3)26(22)16-11-10-13(28-4)12-17(16)29-5/h6-12,23H,1-5H3,(H,24,25). The molecule has 0 radical (unpaired) electrons. The summed E-state index contributed by atoms with van der Waals surface area (Å²) in [7, 11) is 5.01. The van der Waals surface area contributed by atoms with Crippen LogP contribution in [-0.2, 0) is 4.79 Å². The summed E-state index contributed by atoms with van der Waals surface area (Å²) in [4.78, 5) is 23.4. The Kier molecular flexibility index (Phi) is 4.45. The minimum Gasteiger partial charge on any atom is -0.497 e. The molecule has 1 aliphatic heterocycles. The van der Waals surface area contributed by atoms with Crippen LogP contribution in [0.15, 0.2) is 48.3 Å². The van der Waals surface area contributed by atoms with Crippen molar-refractivity contribution in [2.45, 2.75) is 19.4 Å². The molecule has 0 atom stereocenters. The van der Waals surface area contributed by atoms with Gasteiger partial charge in [-0.2, -0.15) is 0 Å². The number of aromatic amines is 1. The Balaban J connectivity index is 1.93. The fourth-order valence-corrected chi connectivity index (χ4v) is 3.83. The number of ketones is 1. The summed E-state index contributed by atoms with van der Waals surface area (Å²) in [6, 6.07) is 13.3. The van der Waals surface area contributed by atoms with E-state index in [9.17, 15) is 4.79 Å². The molecule has 0 bridgehead atoms. The molecular weight excluding hydrogens is 368 g/mol. The number of hydrogen-bond acceptors (Lipinski definition) is 6. The number of aromatic nitrogens is 2. The lowest BCUT2D eigenvalue weighted by Gasteiger charge is -2.35. The number of imidazole rings is 1. The van der Waals surface area contributed by atoms with Gasteiger partial charge in [-0.15, -0.1) is 0 Å². The van der Waals surface area contributed by atoms with E-state index in [2.05, 4.69) is 15.3 Å². The largest absolute Gasteiger partial charge is 0.497 e. The second-order valence-corrected chi connectivity index (χ2v) is 7.34. The van der Waals surface area contributed by atoms with Crippen molar-refractivity contribution in [1.82, 2.24) is 15.3 Å². The number of fused-ring (bicyclic) bond motifs is 1. The van der Waals surface area contributed by atoms with E-state index in [4.69, 9.17) is 9.47 Å². The van der Waals surface area contributed by atoms with Crippen molar-refractivity contribution in [2.75, 3.05) is 26.2 Å². The number of methoxy groups -OCH3 is 2. The van der Waals surface area contributed by atoms with Gasteiger partial charge in [0.05, 0.1) is 30.9 Å². The minimum atomic E-state index is -0.839. The lowest BCUT2D eigenvalue weighted by atomic mass is 9.95. The molecule has 1 aromatic heterocycles. The van der Waals surface area contributed by atoms with Crippen molar-refractivity contribution < 1.29 is 14.3 Å². The number of anilines is 1. The van der Waals surface area contributed by atoms with Crippen LogP contribution in [-0.4, -0.2) is 42.6 Å². The molecule has 0 saturated carbocycles. The van der Waals surface area contributed by atoms with E-state index in [1.807, 2.05) is 61.2 Å². The lowest BCUT2D eigenvalue weighted by Crippen LogP contribution is -2.46. The number of carbonyl (C=O) groups excluding carboxylic acids is 1. The van der Waals surface area contributed by atoms with Crippen LogP contribution in [0.25, 0.3) is 16.6 Å². The molecule has 7 heteroatoms. The number of carbonyl (C=O) groups is 1. The highest BCUT2D eigenvalue weighted by atomic mass is 16.5. The fraction of sp³-hybridized carbons (Fsp3) is 0.273. The molecule has 3 aromatic rings. The Morgan fingerprint density at radius 1 is 1.10 bits per heavy atom. The average Bonchev–Trinajstić information content (AvgIpc) is 3.24. The molecule has 29 heavy (non-hydrogen) atoms. The molecular formula is C22H24N4O3. The Bertz CT molecular complexity index is 1100. The van der Waals surface area contributed by atoms with Crippen LogP contribution in [0.3, 0.4) is 0 Å². The van der Waals surface area contributed by atoms with E-state index >= 15 is 0 Å². The monoisotopic (exact) mass is 392 g/mol. The normalized spacial score (nSPS) is 15.9. The van der Waals surface area contributed by atoms with Crippen molar-refractivity contribution in [3.63, 3.8) is 0 Å². The van der Waals surface area contributed by atoms with Gasteiger partial charge in [0, 0.05) is 13.1 Å². The van der Waals surface area contributed by atoms with Gasteiger partial charge >= 0.3 is 0 Å². The third kappa shape index (κ3) is 2.81. The molecule has 150 valence electrons. The van der Waals surface area contributed by atoms with E-state index < -0.39 is 5.54 Å². The second-order valence-electron chi connectivity index (χ2n) is 7.34. The molecule has 2 heterocycles. The summed E-state index contributed by atoms with van der Waals surface area (Å²) < 4.78 is 10.9. The van der Waals surface area contributed by atoms with Gasteiger partial charge in [0.1, 0.15) is 34.3 Å². The summed E-state index contributed by atoms with van der Waals surface area (Å²) in [6.45, 7) is 3.79. The van der Waals surface area contributed by atoms with Crippen molar-refractivity contribution in [3.8, 4) is 11.5 Å². The first-order valence-electron chi connectivity index (χ1n) is 9.36. The maximum Gasteiger partial charge on any atom is 0.195 e. The van der Waals surface area contributed by atoms with E-state index in [0.29, 0.717) is 28.7 Å². The average molecular weight is 392 g/mol. The second kappa shape index (κ2) is 6.84. The van der Waals surface area contributed by atoms with E-state index in [1.165, 1.54) is 0 Å². The van der Waals surface area contributed by atoms with Gasteiger partial charge in [-0.1, -0.05) is 12.1 Å². The van der Waals surface area contributed by atoms with E-state index in [-0.39, 0.29) is 5.78 Å². The van der Waals surface area contributed by atoms with Crippen molar-refractivity contribution in [1.29, 1.82) is 0 Å². The summed E-state index contributed by atoms with van der Waals surface area (Å²) in [5.74, 6) is 2.48. The number of Topliss-reactive ketones (excluding diaryl/α,β-unsaturated/α-hetero) is 1. The van der Waals surface area contributed by atoms with Gasteiger partial charge in [-0.05, 0) is 38.1 Å². The molecule has 7 nitrogen and oxygen atoms in total. The molecule has 4 rings (SSSR count). The zero-order chi connectivity index (χ0) is 20.8. The number of ether oxygens (including phenoxy) is 2. The highest BCUT2D eigenvalue weighted by Crippen LogP contribution is 2.45. The van der Waals surface area contributed by atoms with E-state index in [1.54, 1.807) is 21.3 Å². The number of hydrogen-bond donors (Lipinski definition) is 2. The van der Waals surface area contributed by atoms with Crippen molar-refractivity contribution in [3.05, 3.63) is 54.1 Å². The molecule has 0 saturated heterocycles. The predicted molar refractivity (Wildman–Crippen MR) is 113 cm³/mol. The first kappa shape index (κ1) is 18.9. The van der Waals surface area contributed by atoms with Gasteiger partial charge in [-0.3, -0.25) is 4.79 Å². The Labute approximate surface area is 169 Å². The SMILES string of the molecule is CNC1=C(c2nc3ccccc3[nH]2)C(=O)C(C)(C)N1c1ccc(OC)cc1OC. The summed E-state index contributed by atoms with van der Waals surface area (Å²) in [6.07, 6.45) is 0. The summed E-state index contributed by atoms with van der Waals surface area (Å²) >= 11 is 0. The maximum absolute atomic E-state index is 13.5. The topological polar surface area (TPSA) is 79.5 Å². The first-order chi connectivity index (χ1) is 13.9. The third-order valence-electron chi connectivity index (χ3n) is 5.29. The third-order valence-corrected chi connectivity index (χ3v) is 5.29. The molecule has 1 aliphatic rings. The van der Waals surface area contributed by atoms with Crippen LogP contribution in [0.5, 0.6) is 11.5 Å². The smallest absolute Gasteiger partial charge is 0.195 e. The number of nitrogens with zero attached hydrogens (tertiary/aromatic N) is 2. The number of H-pyrrole nitrogens is 1. The van der Waals surface area contributed by atoms with Crippen LogP contribution >= 0.6 is 0 Å². The summed E-state index contributed by atoms with van der Waals surface area (Å²) in [5, 5.41) is 3.21.